The molecule has 0 aromatic heterocycles. The monoisotopic (exact) mass is 407 g/mol. The minimum absolute atomic E-state index is 0. The molecule has 0 heterocycles. The zero-order valence-corrected chi connectivity index (χ0v) is 15.1. The molecule has 0 saturated heterocycles. The van der Waals surface area contributed by atoms with E-state index in [1.807, 2.05) is 0 Å². The number of nitrogens with zero attached hydrogens (tertiary/aromatic N) is 1. The van der Waals surface area contributed by atoms with Crippen LogP contribution in [0.5, 0.6) is 0 Å². The first-order valence-corrected chi connectivity index (χ1v) is 5.35. The largest absolute Gasteiger partial charge is 0.577 e. The molecule has 17 heavy (non-hydrogen) atoms. The Labute approximate surface area is 122 Å². The van der Waals surface area contributed by atoms with E-state index in [1.54, 1.807) is 13.8 Å². The third kappa shape index (κ3) is 8.49. The number of nitroso groups, excluding NO2 is 1. The van der Waals surface area contributed by atoms with Crippen molar-refractivity contribution in [1.29, 1.82) is 0 Å². The number of allylic oxidation sites excluding steroid dienone is 4. The summed E-state index contributed by atoms with van der Waals surface area (Å²) in [6, 6.07) is 0. The van der Waals surface area contributed by atoms with Gasteiger partial charge in [-0.3, -0.25) is 6.08 Å². The molecule has 0 atom stereocenters. The molecular formula is C14H25NOW-4. The second-order valence-electron chi connectivity index (χ2n) is 3.62. The van der Waals surface area contributed by atoms with Gasteiger partial charge in [0.15, 0.2) is 0 Å². The Bertz CT molecular complexity index is 243. The van der Waals surface area contributed by atoms with Crippen molar-refractivity contribution in [1.82, 2.24) is 0 Å². The van der Waals surface area contributed by atoms with Gasteiger partial charge >= 0.3 is 0 Å². The van der Waals surface area contributed by atoms with Gasteiger partial charge in [0.25, 0.3) is 0 Å². The van der Waals surface area contributed by atoms with Crippen LogP contribution in [0, 0.1) is 30.2 Å². The van der Waals surface area contributed by atoms with Gasteiger partial charge in [-0.1, -0.05) is 33.1 Å². The first-order chi connectivity index (χ1) is 7.45. The number of rotatable bonds is 0. The molecule has 3 heteroatoms. The fourth-order valence-corrected chi connectivity index (χ4v) is 1.41. The summed E-state index contributed by atoms with van der Waals surface area (Å²) in [6.07, 6.45) is 3.44. The maximum Gasteiger partial charge on any atom is 0 e. The Morgan fingerprint density at radius 2 is 1.29 bits per heavy atom. The van der Waals surface area contributed by atoms with Crippen LogP contribution >= 0.6 is 0 Å². The first-order valence-electron chi connectivity index (χ1n) is 5.35. The predicted molar refractivity (Wildman–Crippen MR) is 73.4 cm³/mol. The molecule has 102 valence electrons. The van der Waals surface area contributed by atoms with Crippen molar-refractivity contribution in [3.8, 4) is 0 Å². The number of hydrogen-bond donors (Lipinski definition) is 0. The molecule has 0 aliphatic heterocycles. The van der Waals surface area contributed by atoms with Gasteiger partial charge in [-0.15, -0.1) is 6.92 Å². The maximum absolute atomic E-state index is 7.25. The average Bonchev–Trinajstić information content (AvgIpc) is 2.50. The minimum atomic E-state index is 0. The second-order valence-corrected chi connectivity index (χ2v) is 3.62. The standard InChI is InChI=1S/C10H15.2C2H5.NO.W/c1-7-6-10(4,5)9(3)8(7)2;3*1-2;/h1-5H3;2*1H2,2H3;;/q4*-1;. The van der Waals surface area contributed by atoms with Crippen LogP contribution in [0.15, 0.2) is 16.7 Å². The van der Waals surface area contributed by atoms with E-state index in [-0.39, 0.29) is 26.5 Å². The molecule has 0 aromatic rings. The van der Waals surface area contributed by atoms with E-state index in [2.05, 4.69) is 54.5 Å². The van der Waals surface area contributed by atoms with Crippen LogP contribution < -0.4 is 0 Å². The fourth-order valence-electron chi connectivity index (χ4n) is 1.41. The molecule has 1 aliphatic rings. The molecule has 0 fully saturated rings. The summed E-state index contributed by atoms with van der Waals surface area (Å²) in [5.74, 6) is 0. The van der Waals surface area contributed by atoms with Crippen LogP contribution in [0.4, 0.5) is 0 Å². The minimum Gasteiger partial charge on any atom is -0.577 e. The van der Waals surface area contributed by atoms with Crippen molar-refractivity contribution in [2.45, 2.75) is 48.5 Å². The van der Waals surface area contributed by atoms with Crippen molar-refractivity contribution < 1.29 is 21.1 Å². The number of hydrogen-bond acceptors (Lipinski definition) is 1. The zero-order chi connectivity index (χ0) is 13.9. The molecule has 0 N–H and O–H groups in total. The third-order valence-electron chi connectivity index (χ3n) is 2.56. The van der Waals surface area contributed by atoms with E-state index in [0.717, 1.165) is 0 Å². The molecule has 0 amide bonds. The Balaban J connectivity index is -0.000000106. The van der Waals surface area contributed by atoms with Gasteiger partial charge in [0.1, 0.15) is 0 Å². The van der Waals surface area contributed by atoms with Crippen LogP contribution in [0.25, 0.3) is 5.59 Å². The average molecular weight is 407 g/mol. The molecular weight excluding hydrogens is 382 g/mol. The van der Waals surface area contributed by atoms with Crippen molar-refractivity contribution in [2.75, 3.05) is 0 Å². The Hall–Kier alpha value is -0.232. The summed E-state index contributed by atoms with van der Waals surface area (Å²) >= 11 is 0. The Morgan fingerprint density at radius 3 is 1.35 bits per heavy atom. The van der Waals surface area contributed by atoms with Gasteiger partial charge in [0.05, 0.1) is 0 Å². The summed E-state index contributed by atoms with van der Waals surface area (Å²) in [6.45, 7) is 20.9. The summed E-state index contributed by atoms with van der Waals surface area (Å²) in [5.41, 5.74) is 10.1. The summed E-state index contributed by atoms with van der Waals surface area (Å²) in [4.78, 5) is 7.25. The first kappa shape index (κ1) is 25.6. The molecule has 1 aliphatic carbocycles. The predicted octanol–water partition coefficient (Wildman–Crippen LogP) is 5.11. The molecule has 0 saturated carbocycles. The van der Waals surface area contributed by atoms with Gasteiger partial charge in [-0.05, 0) is 0 Å². The van der Waals surface area contributed by atoms with Gasteiger partial charge in [0, 0.05) is 21.1 Å². The van der Waals surface area contributed by atoms with Gasteiger partial charge < -0.3 is 24.3 Å². The Kier molecular flexibility index (Phi) is 20.8. The fraction of sp³-hybridized carbons (Fsp3) is 0.571. The van der Waals surface area contributed by atoms with Crippen molar-refractivity contribution in [3.63, 3.8) is 0 Å². The molecule has 0 bridgehead atoms. The van der Waals surface area contributed by atoms with Gasteiger partial charge in [-0.2, -0.15) is 25.0 Å². The Morgan fingerprint density at radius 1 is 1.00 bits per heavy atom. The van der Waals surface area contributed by atoms with E-state index in [1.165, 1.54) is 16.7 Å². The van der Waals surface area contributed by atoms with Crippen LogP contribution in [-0.4, -0.2) is 0 Å². The van der Waals surface area contributed by atoms with Crippen molar-refractivity contribution in [3.05, 3.63) is 47.1 Å². The maximum atomic E-state index is 7.25. The second kappa shape index (κ2) is 13.8. The van der Waals surface area contributed by atoms with E-state index >= 15 is 0 Å². The van der Waals surface area contributed by atoms with Gasteiger partial charge in [-0.25, -0.2) is 5.57 Å². The SMILES string of the molecule is CC1=[C-]C(C)(C)C(C)=C1C.[CH2-]C.[CH2-]C.[N-]=O.[W]. The van der Waals surface area contributed by atoms with E-state index in [0.29, 0.717) is 0 Å². The van der Waals surface area contributed by atoms with E-state index < -0.39 is 0 Å². The summed E-state index contributed by atoms with van der Waals surface area (Å²) < 4.78 is 0. The van der Waals surface area contributed by atoms with Crippen molar-refractivity contribution in [2.24, 2.45) is 5.41 Å². The van der Waals surface area contributed by atoms with Crippen LogP contribution in [0.3, 0.4) is 0 Å². The van der Waals surface area contributed by atoms with Crippen LogP contribution in [0.1, 0.15) is 48.5 Å². The smallest absolute Gasteiger partial charge is 0 e. The third-order valence-corrected chi connectivity index (χ3v) is 2.56. The van der Waals surface area contributed by atoms with E-state index in [9.17, 15) is 0 Å². The topological polar surface area (TPSA) is 39.4 Å². The zero-order valence-electron chi connectivity index (χ0n) is 12.2. The van der Waals surface area contributed by atoms with E-state index in [4.69, 9.17) is 10.5 Å². The quantitative estimate of drug-likeness (QED) is 0.515. The summed E-state index contributed by atoms with van der Waals surface area (Å²) in [5, 5.41) is 0. The molecule has 0 radical (unpaired) electrons. The van der Waals surface area contributed by atoms with Crippen LogP contribution in [0.2, 0.25) is 0 Å². The molecule has 2 nitrogen and oxygen atoms in total. The summed E-state index contributed by atoms with van der Waals surface area (Å²) in [7, 11) is 0. The van der Waals surface area contributed by atoms with Crippen molar-refractivity contribution >= 4 is 0 Å². The molecule has 0 aromatic carbocycles. The molecule has 0 spiro atoms. The van der Waals surface area contributed by atoms with Gasteiger partial charge in [0.2, 0.25) is 0 Å². The molecule has 1 rings (SSSR count). The van der Waals surface area contributed by atoms with Crippen LogP contribution in [-0.2, 0) is 21.1 Å². The molecule has 0 unspecified atom stereocenters. The normalized spacial score (nSPS) is 14.8.